The number of nitrogens with two attached hydrogens (primary N) is 1. The summed E-state index contributed by atoms with van der Waals surface area (Å²) in [5.41, 5.74) is 4.72. The summed E-state index contributed by atoms with van der Waals surface area (Å²) in [6, 6.07) is -0.140. The van der Waals surface area contributed by atoms with Crippen molar-refractivity contribution in [2.75, 3.05) is 0 Å². The van der Waals surface area contributed by atoms with E-state index in [9.17, 15) is 9.59 Å². The lowest BCUT2D eigenvalue weighted by Crippen LogP contribution is -2.55. The molecule has 1 rings (SSSR count). The molecule has 3 unspecified atom stereocenters. The zero-order chi connectivity index (χ0) is 13.1. The summed E-state index contributed by atoms with van der Waals surface area (Å²) in [6.07, 6.45) is 3.99. The van der Waals surface area contributed by atoms with Gasteiger partial charge in [-0.15, -0.1) is 0 Å². The average Bonchev–Trinajstić information content (AvgIpc) is 2.29. The molecule has 5 heteroatoms. The van der Waals surface area contributed by atoms with Crippen molar-refractivity contribution in [1.29, 1.82) is 0 Å². The molecule has 0 radical (unpaired) electrons. The van der Waals surface area contributed by atoms with E-state index in [1.807, 2.05) is 0 Å². The molecular weight excluding hydrogens is 220 g/mol. The van der Waals surface area contributed by atoms with Crippen LogP contribution in [0.2, 0.25) is 0 Å². The Balaban J connectivity index is 2.67. The zero-order valence-corrected chi connectivity index (χ0v) is 10.5. The van der Waals surface area contributed by atoms with Crippen LogP contribution in [0.5, 0.6) is 0 Å². The zero-order valence-electron chi connectivity index (χ0n) is 10.5. The molecule has 1 fully saturated rings. The second-order valence-corrected chi connectivity index (χ2v) is 5.03. The third-order valence-electron chi connectivity index (χ3n) is 3.73. The van der Waals surface area contributed by atoms with E-state index in [0.717, 1.165) is 25.7 Å². The van der Waals surface area contributed by atoms with E-state index < -0.39 is 11.5 Å². The van der Waals surface area contributed by atoms with Crippen molar-refractivity contribution >= 4 is 11.9 Å². The Morgan fingerprint density at radius 2 is 2.00 bits per heavy atom. The first kappa shape index (κ1) is 14.0. The summed E-state index contributed by atoms with van der Waals surface area (Å²) >= 11 is 0. The van der Waals surface area contributed by atoms with Crippen LogP contribution in [0.3, 0.4) is 0 Å². The number of hydrogen-bond acceptors (Lipinski definition) is 3. The highest BCUT2D eigenvalue weighted by Crippen LogP contribution is 2.24. The molecular formula is C12H22N2O3. The van der Waals surface area contributed by atoms with Gasteiger partial charge in [0.25, 0.3) is 0 Å². The van der Waals surface area contributed by atoms with Crippen LogP contribution in [-0.2, 0) is 9.59 Å². The van der Waals surface area contributed by atoms with E-state index in [0.29, 0.717) is 6.42 Å². The Morgan fingerprint density at radius 1 is 1.41 bits per heavy atom. The van der Waals surface area contributed by atoms with Gasteiger partial charge in [-0.1, -0.05) is 19.8 Å². The minimum Gasteiger partial charge on any atom is -0.480 e. The van der Waals surface area contributed by atoms with Gasteiger partial charge < -0.3 is 16.2 Å². The highest BCUT2D eigenvalue weighted by molar-refractivity contribution is 5.88. The Hall–Kier alpha value is -1.10. The summed E-state index contributed by atoms with van der Waals surface area (Å²) in [7, 11) is 0. The SMILES string of the molecule is CCC(C)(NC(=O)C1CCCCC1N)C(=O)O. The first-order chi connectivity index (χ1) is 7.90. The molecule has 17 heavy (non-hydrogen) atoms. The van der Waals surface area contributed by atoms with Crippen LogP contribution in [0, 0.1) is 5.92 Å². The van der Waals surface area contributed by atoms with E-state index in [-0.39, 0.29) is 17.9 Å². The number of amides is 1. The predicted molar refractivity (Wildman–Crippen MR) is 64.4 cm³/mol. The highest BCUT2D eigenvalue weighted by Gasteiger charge is 2.37. The van der Waals surface area contributed by atoms with Gasteiger partial charge in [0.15, 0.2) is 0 Å². The molecule has 1 aliphatic rings. The first-order valence-corrected chi connectivity index (χ1v) is 6.21. The van der Waals surface area contributed by atoms with E-state index in [4.69, 9.17) is 10.8 Å². The second kappa shape index (κ2) is 5.49. The van der Waals surface area contributed by atoms with Crippen LogP contribution in [0.1, 0.15) is 46.0 Å². The second-order valence-electron chi connectivity index (χ2n) is 5.03. The molecule has 98 valence electrons. The third-order valence-corrected chi connectivity index (χ3v) is 3.73. The maximum atomic E-state index is 12.0. The van der Waals surface area contributed by atoms with Crippen molar-refractivity contribution in [3.05, 3.63) is 0 Å². The summed E-state index contributed by atoms with van der Waals surface area (Å²) in [5, 5.41) is 11.7. The Kier molecular flexibility index (Phi) is 4.51. The van der Waals surface area contributed by atoms with Gasteiger partial charge in [-0.2, -0.15) is 0 Å². The Bertz CT molecular complexity index is 306. The van der Waals surface area contributed by atoms with Gasteiger partial charge in [-0.25, -0.2) is 4.79 Å². The van der Waals surface area contributed by atoms with E-state index in [1.165, 1.54) is 6.92 Å². The molecule has 0 heterocycles. The van der Waals surface area contributed by atoms with Gasteiger partial charge in [0.1, 0.15) is 5.54 Å². The van der Waals surface area contributed by atoms with Crippen LogP contribution < -0.4 is 11.1 Å². The van der Waals surface area contributed by atoms with Crippen molar-refractivity contribution in [3.63, 3.8) is 0 Å². The number of nitrogens with one attached hydrogen (secondary N) is 1. The number of carboxylic acids is 1. The van der Waals surface area contributed by atoms with Crippen LogP contribution in [0.15, 0.2) is 0 Å². The van der Waals surface area contributed by atoms with E-state index >= 15 is 0 Å². The predicted octanol–water partition coefficient (Wildman–Crippen LogP) is 0.873. The van der Waals surface area contributed by atoms with E-state index in [1.54, 1.807) is 6.92 Å². The molecule has 1 amide bonds. The summed E-state index contributed by atoms with van der Waals surface area (Å²) < 4.78 is 0. The lowest BCUT2D eigenvalue weighted by molar-refractivity contribution is -0.148. The average molecular weight is 242 g/mol. The van der Waals surface area contributed by atoms with Crippen LogP contribution in [0.4, 0.5) is 0 Å². The van der Waals surface area contributed by atoms with Crippen LogP contribution in [0.25, 0.3) is 0 Å². The normalized spacial score (nSPS) is 28.2. The number of hydrogen-bond donors (Lipinski definition) is 3. The van der Waals surface area contributed by atoms with Crippen LogP contribution in [-0.4, -0.2) is 28.6 Å². The molecule has 0 aliphatic heterocycles. The molecule has 0 aromatic rings. The van der Waals surface area contributed by atoms with Gasteiger partial charge in [-0.05, 0) is 26.2 Å². The van der Waals surface area contributed by atoms with Crippen molar-refractivity contribution in [2.24, 2.45) is 11.7 Å². The largest absolute Gasteiger partial charge is 0.480 e. The van der Waals surface area contributed by atoms with Gasteiger partial charge in [0, 0.05) is 6.04 Å². The van der Waals surface area contributed by atoms with Gasteiger partial charge in [0.2, 0.25) is 5.91 Å². The molecule has 4 N–H and O–H groups in total. The fourth-order valence-electron chi connectivity index (χ4n) is 2.14. The lowest BCUT2D eigenvalue weighted by Gasteiger charge is -2.32. The summed E-state index contributed by atoms with van der Waals surface area (Å²) in [5.74, 6) is -1.46. The van der Waals surface area contributed by atoms with Crippen molar-refractivity contribution in [1.82, 2.24) is 5.32 Å². The number of aliphatic carboxylic acids is 1. The monoisotopic (exact) mass is 242 g/mol. The lowest BCUT2D eigenvalue weighted by atomic mass is 9.83. The standard InChI is InChI=1S/C12H22N2O3/c1-3-12(2,11(16)17)14-10(15)8-6-4-5-7-9(8)13/h8-9H,3-7,13H2,1-2H3,(H,14,15)(H,16,17). The van der Waals surface area contributed by atoms with Crippen LogP contribution >= 0.6 is 0 Å². The number of rotatable bonds is 4. The molecule has 5 nitrogen and oxygen atoms in total. The highest BCUT2D eigenvalue weighted by atomic mass is 16.4. The minimum atomic E-state index is -1.19. The van der Waals surface area contributed by atoms with Gasteiger partial charge in [0.05, 0.1) is 5.92 Å². The molecule has 1 saturated carbocycles. The van der Waals surface area contributed by atoms with Crippen molar-refractivity contribution < 1.29 is 14.7 Å². The van der Waals surface area contributed by atoms with E-state index in [2.05, 4.69) is 5.32 Å². The molecule has 0 spiro atoms. The maximum absolute atomic E-state index is 12.0. The number of carbonyl (C=O) groups is 2. The Morgan fingerprint density at radius 3 is 2.47 bits per heavy atom. The topological polar surface area (TPSA) is 92.4 Å². The molecule has 1 aliphatic carbocycles. The fourth-order valence-corrected chi connectivity index (χ4v) is 2.14. The van der Waals surface area contributed by atoms with Crippen molar-refractivity contribution in [2.45, 2.75) is 57.5 Å². The molecule has 3 atom stereocenters. The molecule has 0 aromatic carbocycles. The summed E-state index contributed by atoms with van der Waals surface area (Å²) in [6.45, 7) is 3.27. The smallest absolute Gasteiger partial charge is 0.329 e. The van der Waals surface area contributed by atoms with Gasteiger partial charge >= 0.3 is 5.97 Å². The maximum Gasteiger partial charge on any atom is 0.329 e. The number of carbonyl (C=O) groups excluding carboxylic acids is 1. The summed E-state index contributed by atoms with van der Waals surface area (Å²) in [4.78, 5) is 23.1. The molecule has 0 aromatic heterocycles. The quantitative estimate of drug-likeness (QED) is 0.682. The van der Waals surface area contributed by atoms with Crippen molar-refractivity contribution in [3.8, 4) is 0 Å². The third kappa shape index (κ3) is 3.19. The number of carboxylic acid groups (broad SMARTS) is 1. The molecule has 0 bridgehead atoms. The molecule has 0 saturated heterocycles. The minimum absolute atomic E-state index is 0.140. The Labute approximate surface area is 102 Å². The van der Waals surface area contributed by atoms with Gasteiger partial charge in [-0.3, -0.25) is 4.79 Å². The first-order valence-electron chi connectivity index (χ1n) is 6.21. The fraction of sp³-hybridized carbons (Fsp3) is 0.833.